The molecule has 40 heavy (non-hydrogen) atoms. The third-order valence-corrected chi connectivity index (χ3v) is 9.42. The van der Waals surface area contributed by atoms with Crippen molar-refractivity contribution < 1.29 is 24.3 Å². The largest absolute Gasteiger partial charge is 0.507 e. The quantitative estimate of drug-likeness (QED) is 0.225. The number of anilines is 1. The Labute approximate surface area is 238 Å². The maximum atomic E-state index is 14.0. The smallest absolute Gasteiger partial charge is 0.238 e. The second-order valence-electron chi connectivity index (χ2n) is 10.9. The molecule has 6 nitrogen and oxygen atoms in total. The predicted molar refractivity (Wildman–Crippen MR) is 154 cm³/mol. The maximum Gasteiger partial charge on any atom is 0.238 e. The number of halogens is 1. The van der Waals surface area contributed by atoms with Crippen LogP contribution in [-0.4, -0.2) is 28.5 Å². The van der Waals surface area contributed by atoms with Crippen LogP contribution in [0.3, 0.4) is 0 Å². The molecule has 0 saturated carbocycles. The van der Waals surface area contributed by atoms with Gasteiger partial charge < -0.3 is 5.11 Å². The van der Waals surface area contributed by atoms with E-state index in [2.05, 4.69) is 15.9 Å². The summed E-state index contributed by atoms with van der Waals surface area (Å²) < 4.78 is 0.838. The lowest BCUT2D eigenvalue weighted by atomic mass is 9.59. The Bertz CT molecular complexity index is 1780. The van der Waals surface area contributed by atoms with Crippen LogP contribution in [0.15, 0.2) is 99.6 Å². The van der Waals surface area contributed by atoms with Crippen molar-refractivity contribution in [3.63, 3.8) is 0 Å². The summed E-state index contributed by atoms with van der Waals surface area (Å²) >= 11 is 3.40. The first-order valence-corrected chi connectivity index (χ1v) is 14.1. The topological polar surface area (TPSA) is 91.8 Å². The van der Waals surface area contributed by atoms with Gasteiger partial charge in [-0.25, -0.2) is 0 Å². The van der Waals surface area contributed by atoms with Gasteiger partial charge >= 0.3 is 0 Å². The molecular weight excluding hydrogens is 570 g/mol. The molecule has 0 bridgehead atoms. The maximum absolute atomic E-state index is 14.0. The Morgan fingerprint density at radius 1 is 0.900 bits per heavy atom. The van der Waals surface area contributed by atoms with Gasteiger partial charge in [-0.2, -0.15) is 0 Å². The van der Waals surface area contributed by atoms with Crippen LogP contribution < -0.4 is 4.90 Å². The number of ketones is 2. The lowest BCUT2D eigenvalue weighted by molar-refractivity contribution is -0.123. The highest BCUT2D eigenvalue weighted by atomic mass is 79.9. The Kier molecular flexibility index (Phi) is 5.58. The van der Waals surface area contributed by atoms with E-state index >= 15 is 0 Å². The minimum Gasteiger partial charge on any atom is -0.507 e. The number of phenols is 1. The molecule has 3 aliphatic carbocycles. The van der Waals surface area contributed by atoms with Crippen LogP contribution in [0, 0.1) is 17.8 Å². The zero-order valence-corrected chi connectivity index (χ0v) is 23.1. The fourth-order valence-corrected chi connectivity index (χ4v) is 7.35. The molecule has 7 rings (SSSR count). The van der Waals surface area contributed by atoms with Gasteiger partial charge in [0.2, 0.25) is 11.8 Å². The molecule has 1 N–H and O–H groups in total. The monoisotopic (exact) mass is 593 g/mol. The highest BCUT2D eigenvalue weighted by molar-refractivity contribution is 9.10. The highest BCUT2D eigenvalue weighted by Gasteiger charge is 2.56. The Hall–Kier alpha value is -4.10. The van der Waals surface area contributed by atoms with E-state index in [9.17, 15) is 24.3 Å². The summed E-state index contributed by atoms with van der Waals surface area (Å²) in [5.74, 6) is -3.32. The van der Waals surface area contributed by atoms with E-state index in [1.54, 1.807) is 37.3 Å². The van der Waals surface area contributed by atoms with Gasteiger partial charge in [0, 0.05) is 38.1 Å². The summed E-state index contributed by atoms with van der Waals surface area (Å²) in [5.41, 5.74) is 2.96. The average molecular weight is 594 g/mol. The molecule has 1 heterocycles. The number of imide groups is 1. The van der Waals surface area contributed by atoms with E-state index in [4.69, 9.17) is 0 Å². The lowest BCUT2D eigenvalue weighted by Crippen LogP contribution is -2.39. The number of Topliss-reactive ketones (excluding diaryl/α,β-unsaturated/α-hetero) is 1. The number of hydrogen-bond acceptors (Lipinski definition) is 5. The normalized spacial score (nSPS) is 26.0. The van der Waals surface area contributed by atoms with Crippen LogP contribution in [0.5, 0.6) is 5.75 Å². The molecule has 4 aliphatic rings. The highest BCUT2D eigenvalue weighted by Crippen LogP contribution is 2.56. The van der Waals surface area contributed by atoms with E-state index < -0.39 is 23.7 Å². The van der Waals surface area contributed by atoms with Crippen molar-refractivity contribution >= 4 is 55.8 Å². The van der Waals surface area contributed by atoms with Crippen molar-refractivity contribution in [3.05, 3.63) is 105 Å². The van der Waals surface area contributed by atoms with Gasteiger partial charge in [-0.1, -0.05) is 64.0 Å². The first-order chi connectivity index (χ1) is 19.3. The van der Waals surface area contributed by atoms with E-state index in [0.29, 0.717) is 39.8 Å². The molecule has 198 valence electrons. The second-order valence-corrected chi connectivity index (χ2v) is 11.9. The van der Waals surface area contributed by atoms with Gasteiger partial charge in [-0.15, -0.1) is 0 Å². The van der Waals surface area contributed by atoms with Crippen LogP contribution in [0.1, 0.15) is 31.2 Å². The number of hydrogen-bond donors (Lipinski definition) is 1. The summed E-state index contributed by atoms with van der Waals surface area (Å²) in [6.07, 6.45) is 3.89. The van der Waals surface area contributed by atoms with Crippen molar-refractivity contribution in [2.45, 2.75) is 25.7 Å². The molecule has 1 saturated heterocycles. The zero-order chi connectivity index (χ0) is 27.9. The number of phenolic OH excluding ortho intramolecular Hbond substituents is 1. The molecule has 1 aliphatic heterocycles. The molecule has 0 spiro atoms. The molecule has 0 aromatic heterocycles. The zero-order valence-electron chi connectivity index (χ0n) is 21.6. The molecular formula is C33H24BrNO5. The van der Waals surface area contributed by atoms with Gasteiger partial charge in [0.1, 0.15) is 5.75 Å². The second kappa shape index (κ2) is 8.96. The first kappa shape index (κ1) is 24.9. The van der Waals surface area contributed by atoms with Crippen molar-refractivity contribution in [3.8, 4) is 5.75 Å². The number of aromatic hydroxyl groups is 1. The van der Waals surface area contributed by atoms with Crippen LogP contribution in [-0.2, 0) is 19.2 Å². The summed E-state index contributed by atoms with van der Waals surface area (Å²) in [5, 5.41) is 13.0. The number of benzene rings is 3. The molecule has 4 atom stereocenters. The Morgan fingerprint density at radius 3 is 2.42 bits per heavy atom. The van der Waals surface area contributed by atoms with Gasteiger partial charge in [0.05, 0.1) is 17.5 Å². The van der Waals surface area contributed by atoms with E-state index in [1.165, 1.54) is 11.0 Å². The van der Waals surface area contributed by atoms with Crippen LogP contribution in [0.2, 0.25) is 0 Å². The average Bonchev–Trinajstić information content (AvgIpc) is 3.21. The summed E-state index contributed by atoms with van der Waals surface area (Å²) in [6, 6.07) is 18.2. The molecule has 3 aromatic rings. The number of carbonyl (C=O) groups is 4. The first-order valence-electron chi connectivity index (χ1n) is 13.3. The van der Waals surface area contributed by atoms with Gasteiger partial charge in [0.25, 0.3) is 0 Å². The fourth-order valence-electron chi connectivity index (χ4n) is 7.09. The number of amides is 2. The van der Waals surface area contributed by atoms with E-state index in [0.717, 1.165) is 15.4 Å². The molecule has 4 unspecified atom stereocenters. The fraction of sp³-hybridized carbons (Fsp3) is 0.212. The minimum atomic E-state index is -0.690. The van der Waals surface area contributed by atoms with Crippen LogP contribution in [0.25, 0.3) is 10.8 Å². The molecule has 0 radical (unpaired) electrons. The van der Waals surface area contributed by atoms with Crippen molar-refractivity contribution in [1.29, 1.82) is 0 Å². The Balaban J connectivity index is 1.40. The van der Waals surface area contributed by atoms with Crippen LogP contribution >= 0.6 is 15.9 Å². The third kappa shape index (κ3) is 3.47. The minimum absolute atomic E-state index is 0.0514. The van der Waals surface area contributed by atoms with Gasteiger partial charge in [-0.3, -0.25) is 24.1 Å². The van der Waals surface area contributed by atoms with Crippen LogP contribution in [0.4, 0.5) is 5.69 Å². The van der Waals surface area contributed by atoms with Gasteiger partial charge in [0.15, 0.2) is 11.6 Å². The van der Waals surface area contributed by atoms with Crippen molar-refractivity contribution in [1.82, 2.24) is 0 Å². The predicted octanol–water partition coefficient (Wildman–Crippen LogP) is 5.94. The SMILES string of the molecule is CC1=CC(=O)C2=C(CC3C(=CCC4C(=O)N(c5ccc(Br)cc5)C(=O)C43)C2c2ccc3ccccc3c2O)C1=O. The van der Waals surface area contributed by atoms with E-state index in [-0.39, 0.29) is 35.6 Å². The summed E-state index contributed by atoms with van der Waals surface area (Å²) in [6.45, 7) is 1.63. The molecule has 3 aromatic carbocycles. The van der Waals surface area contributed by atoms with E-state index in [1.807, 2.05) is 36.4 Å². The molecule has 1 fully saturated rings. The number of fused-ring (bicyclic) bond motifs is 4. The molecule has 2 amide bonds. The number of carbonyl (C=O) groups excluding carboxylic acids is 4. The van der Waals surface area contributed by atoms with Gasteiger partial charge in [-0.05, 0) is 61.4 Å². The summed E-state index contributed by atoms with van der Waals surface area (Å²) in [7, 11) is 0. The number of nitrogens with zero attached hydrogens (tertiary/aromatic N) is 1. The van der Waals surface area contributed by atoms with Crippen molar-refractivity contribution in [2.24, 2.45) is 17.8 Å². The number of allylic oxidation sites excluding steroid dienone is 6. The summed E-state index contributed by atoms with van der Waals surface area (Å²) in [4.78, 5) is 55.8. The lowest BCUT2D eigenvalue weighted by Gasteiger charge is -2.42. The Morgan fingerprint density at radius 2 is 1.65 bits per heavy atom. The number of rotatable bonds is 2. The molecule has 7 heteroatoms. The third-order valence-electron chi connectivity index (χ3n) is 8.89. The standard InChI is InChI=1S/C33H24BrNO5/c1-16-14-26(36)29-25(30(16)37)15-24-21(27(29)22-11-6-17-4-2-3-5-20(17)31(22)38)12-13-23-28(24)33(40)35(32(23)39)19-9-7-18(34)8-10-19/h2-12,14,23-24,27-28,38H,13,15H2,1H3. The van der Waals surface area contributed by atoms with Crippen molar-refractivity contribution in [2.75, 3.05) is 4.90 Å².